The summed E-state index contributed by atoms with van der Waals surface area (Å²) in [5.41, 5.74) is 0.245. The predicted octanol–water partition coefficient (Wildman–Crippen LogP) is 3.42. The summed E-state index contributed by atoms with van der Waals surface area (Å²) in [5, 5.41) is 4.62. The van der Waals surface area contributed by atoms with E-state index in [1.807, 2.05) is 23.1 Å². The smallest absolute Gasteiger partial charge is 0.157 e. The van der Waals surface area contributed by atoms with Gasteiger partial charge >= 0.3 is 0 Å². The van der Waals surface area contributed by atoms with Crippen LogP contribution in [0.3, 0.4) is 0 Å². The van der Waals surface area contributed by atoms with Crippen molar-refractivity contribution in [3.63, 3.8) is 0 Å². The maximum atomic E-state index is 4.63. The lowest BCUT2D eigenvalue weighted by Gasteiger charge is -2.20. The topological polar surface area (TPSA) is 24.4 Å². The molecule has 0 aromatic carbocycles. The van der Waals surface area contributed by atoms with E-state index in [1.54, 1.807) is 0 Å². The molecule has 2 rings (SSSR count). The Morgan fingerprint density at radius 3 is 2.88 bits per heavy atom. The van der Waals surface area contributed by atoms with Crippen molar-refractivity contribution >= 4 is 28.3 Å². The third-order valence-corrected chi connectivity index (χ3v) is 5.16. The number of aryl methyl sites for hydroxylation is 1. The van der Waals surface area contributed by atoms with E-state index in [2.05, 4.69) is 43.2 Å². The van der Waals surface area contributed by atoms with E-state index >= 15 is 0 Å². The molecule has 1 aliphatic heterocycles. The molecule has 0 aliphatic carbocycles. The Kier molecular flexibility index (Phi) is 3.60. The number of thioether (sulfide) groups is 1. The van der Waals surface area contributed by atoms with Gasteiger partial charge in [-0.15, -0.1) is 11.3 Å². The summed E-state index contributed by atoms with van der Waals surface area (Å²) >= 11 is 3.68. The molecular formula is C12H18N2S2. The van der Waals surface area contributed by atoms with Gasteiger partial charge in [0.05, 0.1) is 6.54 Å². The van der Waals surface area contributed by atoms with Crippen molar-refractivity contribution in [1.82, 2.24) is 5.32 Å². The van der Waals surface area contributed by atoms with Gasteiger partial charge in [0.1, 0.15) is 0 Å². The molecule has 1 aromatic heterocycles. The summed E-state index contributed by atoms with van der Waals surface area (Å²) in [6, 6.07) is 4.33. The zero-order valence-corrected chi connectivity index (χ0v) is 11.7. The van der Waals surface area contributed by atoms with Gasteiger partial charge in [0.2, 0.25) is 0 Å². The summed E-state index contributed by atoms with van der Waals surface area (Å²) in [4.78, 5) is 7.34. The first-order valence-corrected chi connectivity index (χ1v) is 7.42. The number of hydrogen-bond donors (Lipinski definition) is 1. The summed E-state index contributed by atoms with van der Waals surface area (Å²) in [6.07, 6.45) is 1.15. The Labute approximate surface area is 106 Å². The van der Waals surface area contributed by atoms with Gasteiger partial charge in [-0.2, -0.15) is 0 Å². The minimum atomic E-state index is 0.245. The van der Waals surface area contributed by atoms with Crippen molar-refractivity contribution in [3.8, 4) is 0 Å². The van der Waals surface area contributed by atoms with Crippen molar-refractivity contribution in [3.05, 3.63) is 21.9 Å². The van der Waals surface area contributed by atoms with Crippen LogP contribution in [0.5, 0.6) is 0 Å². The second kappa shape index (κ2) is 4.80. The Morgan fingerprint density at radius 1 is 1.50 bits per heavy atom. The molecule has 1 fully saturated rings. The fraction of sp³-hybridized carbons (Fsp3) is 0.583. The standard InChI is InChI=1S/C12H18N2S2/c1-4-12(3)8-15-11(14-12)13-7-10-6-5-9(2)16-10/h5-6H,4,7-8H2,1-3H3,(H,13,14). The lowest BCUT2D eigenvalue weighted by atomic mass is 10.0. The fourth-order valence-electron chi connectivity index (χ4n) is 1.55. The van der Waals surface area contributed by atoms with Gasteiger partial charge in [-0.25, -0.2) is 0 Å². The van der Waals surface area contributed by atoms with E-state index in [-0.39, 0.29) is 5.54 Å². The molecule has 1 unspecified atom stereocenters. The molecule has 0 amide bonds. The normalized spacial score (nSPS) is 27.3. The number of aliphatic imine (C=N–C) groups is 1. The first kappa shape index (κ1) is 12.0. The molecule has 1 atom stereocenters. The van der Waals surface area contributed by atoms with Crippen LogP contribution in [0.2, 0.25) is 0 Å². The molecule has 88 valence electrons. The molecule has 0 spiro atoms. The molecule has 16 heavy (non-hydrogen) atoms. The summed E-state index contributed by atoms with van der Waals surface area (Å²) in [7, 11) is 0. The highest BCUT2D eigenvalue weighted by molar-refractivity contribution is 8.14. The maximum Gasteiger partial charge on any atom is 0.157 e. The number of thiophene rings is 1. The van der Waals surface area contributed by atoms with Gasteiger partial charge in [0, 0.05) is 21.0 Å². The highest BCUT2D eigenvalue weighted by Crippen LogP contribution is 2.26. The number of hydrogen-bond acceptors (Lipinski definition) is 3. The van der Waals surface area contributed by atoms with Crippen molar-refractivity contribution < 1.29 is 0 Å². The van der Waals surface area contributed by atoms with Gasteiger partial charge < -0.3 is 5.32 Å². The van der Waals surface area contributed by atoms with E-state index in [0.29, 0.717) is 0 Å². The monoisotopic (exact) mass is 254 g/mol. The lowest BCUT2D eigenvalue weighted by molar-refractivity contribution is 0.466. The molecule has 2 heterocycles. The highest BCUT2D eigenvalue weighted by atomic mass is 32.2. The summed E-state index contributed by atoms with van der Waals surface area (Å²) < 4.78 is 0. The van der Waals surface area contributed by atoms with Crippen molar-refractivity contribution in [2.75, 3.05) is 5.75 Å². The third kappa shape index (κ3) is 2.80. The number of nitrogens with zero attached hydrogens (tertiary/aromatic N) is 1. The van der Waals surface area contributed by atoms with E-state index in [4.69, 9.17) is 0 Å². The minimum absolute atomic E-state index is 0.245. The quantitative estimate of drug-likeness (QED) is 0.894. The molecule has 0 radical (unpaired) electrons. The Bertz CT molecular complexity index is 397. The molecule has 0 saturated carbocycles. The zero-order valence-electron chi connectivity index (χ0n) is 10.0. The van der Waals surface area contributed by atoms with Gasteiger partial charge in [0.25, 0.3) is 0 Å². The van der Waals surface area contributed by atoms with Crippen LogP contribution in [0.4, 0.5) is 0 Å². The second-order valence-electron chi connectivity index (χ2n) is 4.46. The van der Waals surface area contributed by atoms with Crippen LogP contribution in [0.15, 0.2) is 17.1 Å². The predicted molar refractivity (Wildman–Crippen MR) is 74.5 cm³/mol. The fourth-order valence-corrected chi connectivity index (χ4v) is 3.57. The van der Waals surface area contributed by atoms with Crippen LogP contribution in [-0.2, 0) is 6.54 Å². The molecule has 1 N–H and O–H groups in total. The van der Waals surface area contributed by atoms with E-state index in [0.717, 1.165) is 23.9 Å². The van der Waals surface area contributed by atoms with Crippen LogP contribution < -0.4 is 5.32 Å². The zero-order chi connectivity index (χ0) is 11.6. The van der Waals surface area contributed by atoms with Crippen molar-refractivity contribution in [1.29, 1.82) is 0 Å². The average molecular weight is 254 g/mol. The van der Waals surface area contributed by atoms with Crippen molar-refractivity contribution in [2.45, 2.75) is 39.3 Å². The molecule has 1 aliphatic rings. The Morgan fingerprint density at radius 2 is 2.31 bits per heavy atom. The van der Waals surface area contributed by atoms with Gasteiger partial charge in [-0.05, 0) is 32.4 Å². The van der Waals surface area contributed by atoms with E-state index in [9.17, 15) is 0 Å². The van der Waals surface area contributed by atoms with Crippen LogP contribution in [-0.4, -0.2) is 16.5 Å². The molecule has 1 saturated heterocycles. The van der Waals surface area contributed by atoms with Gasteiger partial charge in [-0.3, -0.25) is 4.99 Å². The molecule has 1 aromatic rings. The second-order valence-corrected chi connectivity index (χ2v) is 6.80. The minimum Gasteiger partial charge on any atom is -0.359 e. The maximum absolute atomic E-state index is 4.63. The Hall–Kier alpha value is -0.480. The largest absolute Gasteiger partial charge is 0.359 e. The van der Waals surface area contributed by atoms with Gasteiger partial charge in [-0.1, -0.05) is 18.7 Å². The molecule has 0 bridgehead atoms. The summed E-state index contributed by atoms with van der Waals surface area (Å²) in [5.74, 6) is 1.13. The number of rotatable bonds is 3. The third-order valence-electron chi connectivity index (χ3n) is 2.89. The first-order valence-electron chi connectivity index (χ1n) is 5.62. The molecule has 4 heteroatoms. The highest BCUT2D eigenvalue weighted by Gasteiger charge is 2.30. The van der Waals surface area contributed by atoms with Crippen molar-refractivity contribution in [2.24, 2.45) is 4.99 Å². The van der Waals surface area contributed by atoms with Crippen LogP contribution >= 0.6 is 23.1 Å². The van der Waals surface area contributed by atoms with Crippen LogP contribution in [0.25, 0.3) is 0 Å². The first-order chi connectivity index (χ1) is 7.61. The Balaban J connectivity index is 1.95. The number of amidine groups is 1. The molecular weight excluding hydrogens is 236 g/mol. The lowest BCUT2D eigenvalue weighted by Crippen LogP contribution is -2.39. The van der Waals surface area contributed by atoms with Crippen LogP contribution in [0.1, 0.15) is 30.0 Å². The molecule has 2 nitrogen and oxygen atoms in total. The van der Waals surface area contributed by atoms with E-state index in [1.165, 1.54) is 9.75 Å². The van der Waals surface area contributed by atoms with Crippen LogP contribution in [0, 0.1) is 6.92 Å². The average Bonchev–Trinajstić information content (AvgIpc) is 2.83. The van der Waals surface area contributed by atoms with Gasteiger partial charge in [0.15, 0.2) is 5.17 Å². The SMILES string of the molecule is CCC1(C)CSC(=NCc2ccc(C)s2)N1. The summed E-state index contributed by atoms with van der Waals surface area (Å²) in [6.45, 7) is 7.43. The number of nitrogens with one attached hydrogen (secondary N) is 1. The van der Waals surface area contributed by atoms with E-state index < -0.39 is 0 Å².